The number of amides is 3. The quantitative estimate of drug-likeness (QED) is 0.0663. The molecule has 1 aliphatic rings. The van der Waals surface area contributed by atoms with Gasteiger partial charge in [-0.1, -0.05) is 53.1 Å². The Morgan fingerprint density at radius 1 is 0.459 bits per heavy atom. The number of rotatable bonds is 18. The summed E-state index contributed by atoms with van der Waals surface area (Å²) in [4.78, 5) is 43.9. The number of benzene rings is 3. The summed E-state index contributed by atoms with van der Waals surface area (Å²) in [6.07, 6.45) is 0.593. The van der Waals surface area contributed by atoms with Crippen molar-refractivity contribution in [2.75, 3.05) is 78.9 Å². The lowest BCUT2D eigenvalue weighted by molar-refractivity contribution is -0.127. The number of carbonyl (C=O) groups excluding carboxylic acids is 3. The van der Waals surface area contributed by atoms with Crippen LogP contribution in [0, 0.1) is 20.8 Å². The van der Waals surface area contributed by atoms with Gasteiger partial charge in [0.2, 0.25) is 17.7 Å². The van der Waals surface area contributed by atoms with Crippen LogP contribution < -0.4 is 17.2 Å². The van der Waals surface area contributed by atoms with Gasteiger partial charge in [0.05, 0.1) is 39.6 Å². The molecule has 18 heteroatoms. The van der Waals surface area contributed by atoms with Gasteiger partial charge in [-0.15, -0.1) is 0 Å². The van der Waals surface area contributed by atoms with E-state index in [1.165, 1.54) is 18.2 Å². The lowest BCUT2D eigenvalue weighted by Gasteiger charge is -2.35. The topological polar surface area (TPSA) is 321 Å². The molecule has 0 atom stereocenters. The summed E-state index contributed by atoms with van der Waals surface area (Å²) in [5.41, 5.74) is 14.2. The number of nitrogens with zero attached hydrogens (tertiary/aromatic N) is 3. The maximum Gasteiger partial charge on any atom is 0.232 e. The van der Waals surface area contributed by atoms with E-state index < -0.39 is 73.6 Å². The largest absolute Gasteiger partial charge is 0.507 e. The minimum absolute atomic E-state index is 0.00234. The van der Waals surface area contributed by atoms with E-state index in [2.05, 4.69) is 9.80 Å². The highest BCUT2D eigenvalue weighted by Crippen LogP contribution is 2.38. The lowest BCUT2D eigenvalue weighted by Crippen LogP contribution is -2.48. The van der Waals surface area contributed by atoms with Crippen LogP contribution in [0.3, 0.4) is 0 Å². The van der Waals surface area contributed by atoms with E-state index in [-0.39, 0.29) is 53.6 Å². The number of aliphatic hydroxyl groups is 6. The van der Waals surface area contributed by atoms with Crippen LogP contribution in [0.2, 0.25) is 0 Å². The van der Waals surface area contributed by atoms with Crippen molar-refractivity contribution < 1.29 is 60.3 Å². The first-order valence-corrected chi connectivity index (χ1v) is 20.0. The molecule has 0 saturated carbocycles. The molecule has 1 fully saturated rings. The molecule has 1 heterocycles. The molecule has 0 radical (unpaired) electrons. The van der Waals surface area contributed by atoms with Gasteiger partial charge < -0.3 is 63.2 Å². The van der Waals surface area contributed by atoms with Gasteiger partial charge >= 0.3 is 0 Å². The Balaban J connectivity index is 1.78. The van der Waals surface area contributed by atoms with Crippen molar-refractivity contribution in [2.45, 2.75) is 63.1 Å². The van der Waals surface area contributed by atoms with Crippen LogP contribution in [0.5, 0.6) is 17.2 Å². The van der Waals surface area contributed by atoms with Gasteiger partial charge in [-0.25, -0.2) is 0 Å². The molecular weight excluding hydrogens is 793 g/mol. The molecule has 18 nitrogen and oxygen atoms in total. The van der Waals surface area contributed by atoms with E-state index in [1.807, 2.05) is 4.90 Å². The molecule has 0 bridgehead atoms. The molecule has 3 amide bonds. The Morgan fingerprint density at radius 2 is 0.689 bits per heavy atom. The maximum absolute atomic E-state index is 12.6. The predicted octanol–water partition coefficient (Wildman–Crippen LogP) is -1.94. The lowest BCUT2D eigenvalue weighted by atomic mass is 9.79. The standard InChI is InChI=1S/C43H62N6O12/c1-26-11-29(35(56)32(14-26)41(20-50,21-51)38(44)59)17-47-5-4-6-48(18-30-12-27(2)15-33(36(30)57)42(22-52,23-53)39(45)60)8-10-49(9-7-47)19-31-13-28(3)16-34(37(31)58)43(24-54,25-55)40(46)61/h11-16,50-58H,4-10,17-25H2,1-3H3,(H2,44,59)(H2,45,60)(H2,46,61). The SMILES string of the molecule is Cc1cc(CN2CCCN(Cc3cc(C)cc(C(CO)(CO)C(N)=O)c3O)CCN(Cc3cc(C)cc(C(CO)(CO)C(N)=O)c3O)CC2)c(O)c(C(CO)(CO)C(N)=O)c1. The van der Waals surface area contributed by atoms with Gasteiger partial charge in [0.1, 0.15) is 33.5 Å². The first-order chi connectivity index (χ1) is 28.8. The smallest absolute Gasteiger partial charge is 0.232 e. The van der Waals surface area contributed by atoms with Gasteiger partial charge in [-0.3, -0.25) is 29.1 Å². The van der Waals surface area contributed by atoms with Crippen LogP contribution in [0.15, 0.2) is 36.4 Å². The number of carbonyl (C=O) groups is 3. The van der Waals surface area contributed by atoms with Crippen molar-refractivity contribution in [1.82, 2.24) is 14.7 Å². The van der Waals surface area contributed by atoms with Crippen molar-refractivity contribution in [2.24, 2.45) is 17.2 Å². The van der Waals surface area contributed by atoms with Gasteiger partial charge in [-0.2, -0.15) is 0 Å². The number of nitrogens with two attached hydrogens (primary N) is 3. The number of aryl methyl sites for hydroxylation is 3. The normalized spacial score (nSPS) is 15.5. The minimum atomic E-state index is -1.95. The first-order valence-electron chi connectivity index (χ1n) is 20.0. The summed E-state index contributed by atoms with van der Waals surface area (Å²) in [6, 6.07) is 9.71. The Bertz CT molecular complexity index is 1950. The number of phenols is 3. The Morgan fingerprint density at radius 3 is 0.902 bits per heavy atom. The van der Waals surface area contributed by atoms with Crippen molar-refractivity contribution in [3.8, 4) is 17.2 Å². The second kappa shape index (κ2) is 20.3. The van der Waals surface area contributed by atoms with E-state index in [0.29, 0.717) is 79.1 Å². The molecule has 61 heavy (non-hydrogen) atoms. The predicted molar refractivity (Wildman–Crippen MR) is 224 cm³/mol. The van der Waals surface area contributed by atoms with Crippen LogP contribution in [0.25, 0.3) is 0 Å². The zero-order chi connectivity index (χ0) is 45.4. The highest BCUT2D eigenvalue weighted by Gasteiger charge is 2.43. The number of hydrogen-bond acceptors (Lipinski definition) is 15. The molecule has 0 unspecified atom stereocenters. The summed E-state index contributed by atoms with van der Waals surface area (Å²) in [5, 5.41) is 96.0. The molecular formula is C43H62N6O12. The second-order valence-electron chi connectivity index (χ2n) is 16.4. The molecule has 3 aromatic rings. The van der Waals surface area contributed by atoms with Gasteiger partial charge in [-0.05, 0) is 40.3 Å². The summed E-state index contributed by atoms with van der Waals surface area (Å²) < 4.78 is 0. The second-order valence-corrected chi connectivity index (χ2v) is 16.4. The van der Waals surface area contributed by atoms with Crippen LogP contribution in [0.1, 0.15) is 56.5 Å². The molecule has 1 aliphatic heterocycles. The van der Waals surface area contributed by atoms with Crippen LogP contribution in [-0.2, 0) is 50.3 Å². The average Bonchev–Trinajstić information content (AvgIpc) is 3.21. The fourth-order valence-corrected chi connectivity index (χ4v) is 8.16. The Kier molecular flexibility index (Phi) is 16.2. The molecule has 3 aromatic carbocycles. The first kappa shape index (κ1) is 48.8. The molecule has 4 rings (SSSR count). The van der Waals surface area contributed by atoms with Crippen LogP contribution in [0.4, 0.5) is 0 Å². The van der Waals surface area contributed by atoms with Gasteiger partial charge in [0.25, 0.3) is 0 Å². The summed E-state index contributed by atoms with van der Waals surface area (Å²) in [5.74, 6) is -3.94. The highest BCUT2D eigenvalue weighted by molar-refractivity contribution is 5.89. The van der Waals surface area contributed by atoms with E-state index in [9.17, 15) is 60.3 Å². The van der Waals surface area contributed by atoms with E-state index in [0.717, 1.165) is 0 Å². The van der Waals surface area contributed by atoms with Crippen LogP contribution >= 0.6 is 0 Å². The average molecular weight is 855 g/mol. The molecule has 336 valence electrons. The van der Waals surface area contributed by atoms with Crippen molar-refractivity contribution in [3.05, 3.63) is 86.5 Å². The van der Waals surface area contributed by atoms with Crippen LogP contribution in [-0.4, -0.2) is 157 Å². The van der Waals surface area contributed by atoms with Gasteiger partial charge in [0, 0.05) is 79.2 Å². The third-order valence-electron chi connectivity index (χ3n) is 12.2. The highest BCUT2D eigenvalue weighted by atomic mass is 16.3. The molecule has 0 aromatic heterocycles. The van der Waals surface area contributed by atoms with Crippen molar-refractivity contribution in [1.29, 1.82) is 0 Å². The van der Waals surface area contributed by atoms with Crippen molar-refractivity contribution >= 4 is 17.7 Å². The zero-order valence-corrected chi connectivity index (χ0v) is 35.1. The van der Waals surface area contributed by atoms with Gasteiger partial charge in [0.15, 0.2) is 0 Å². The number of aromatic hydroxyl groups is 3. The number of phenolic OH excluding ortho intramolecular Hbond substituents is 3. The third-order valence-corrected chi connectivity index (χ3v) is 12.2. The van der Waals surface area contributed by atoms with Crippen molar-refractivity contribution in [3.63, 3.8) is 0 Å². The molecule has 0 spiro atoms. The Hall–Kier alpha value is -4.89. The third kappa shape index (κ3) is 9.93. The molecule has 0 aliphatic carbocycles. The fraction of sp³-hybridized carbons (Fsp3) is 0.512. The van der Waals surface area contributed by atoms with E-state index in [4.69, 9.17) is 17.2 Å². The minimum Gasteiger partial charge on any atom is -0.507 e. The fourth-order valence-electron chi connectivity index (χ4n) is 8.16. The monoisotopic (exact) mass is 854 g/mol. The molecule has 15 N–H and O–H groups in total. The number of aliphatic hydroxyl groups excluding tert-OH is 6. The Labute approximate surface area is 355 Å². The summed E-state index contributed by atoms with van der Waals surface area (Å²) in [6.45, 7) is 3.28. The number of hydrogen-bond donors (Lipinski definition) is 12. The summed E-state index contributed by atoms with van der Waals surface area (Å²) >= 11 is 0. The number of primary amides is 3. The van der Waals surface area contributed by atoms with E-state index >= 15 is 0 Å². The summed E-state index contributed by atoms with van der Waals surface area (Å²) in [7, 11) is 0. The van der Waals surface area contributed by atoms with E-state index in [1.54, 1.807) is 39.0 Å². The zero-order valence-electron chi connectivity index (χ0n) is 35.1. The molecule has 1 saturated heterocycles. The maximum atomic E-state index is 12.6.